The standard InChI is InChI=1S/C23H21N5O2/c1-15-11-16(2)13-18(12-15)26-22(29)20-19-8-4-6-10-28(19)21(27-20)23(30)25-14-17-7-3-5-9-24-17/h3-13H,14H2,1-2H3,(H,25,30)(H,26,29). The number of aryl methyl sites for hydroxylation is 2. The molecule has 0 atom stereocenters. The van der Waals surface area contributed by atoms with Gasteiger partial charge in [-0.3, -0.25) is 19.0 Å². The van der Waals surface area contributed by atoms with Crippen molar-refractivity contribution < 1.29 is 9.59 Å². The smallest absolute Gasteiger partial charge is 0.288 e. The first-order chi connectivity index (χ1) is 14.5. The summed E-state index contributed by atoms with van der Waals surface area (Å²) in [5.41, 5.74) is 4.28. The lowest BCUT2D eigenvalue weighted by Gasteiger charge is -2.06. The summed E-state index contributed by atoms with van der Waals surface area (Å²) in [6.45, 7) is 4.21. The number of hydrogen-bond acceptors (Lipinski definition) is 4. The summed E-state index contributed by atoms with van der Waals surface area (Å²) in [5.74, 6) is -0.605. The molecular weight excluding hydrogens is 378 g/mol. The predicted octanol–water partition coefficient (Wildman–Crippen LogP) is 3.53. The van der Waals surface area contributed by atoms with Crippen LogP contribution in [0, 0.1) is 13.8 Å². The summed E-state index contributed by atoms with van der Waals surface area (Å²) in [4.78, 5) is 34.3. The van der Waals surface area contributed by atoms with Crippen LogP contribution in [0.4, 0.5) is 5.69 Å². The van der Waals surface area contributed by atoms with Gasteiger partial charge in [-0.25, -0.2) is 4.98 Å². The van der Waals surface area contributed by atoms with E-state index in [2.05, 4.69) is 20.6 Å². The second kappa shape index (κ2) is 8.16. The van der Waals surface area contributed by atoms with Crippen molar-refractivity contribution in [3.05, 3.63) is 95.3 Å². The number of benzene rings is 1. The van der Waals surface area contributed by atoms with Crippen LogP contribution in [0.3, 0.4) is 0 Å². The van der Waals surface area contributed by atoms with Crippen molar-refractivity contribution in [3.8, 4) is 0 Å². The molecule has 0 aliphatic heterocycles. The normalized spacial score (nSPS) is 10.7. The zero-order valence-corrected chi connectivity index (χ0v) is 16.7. The Morgan fingerprint density at radius 3 is 2.47 bits per heavy atom. The minimum Gasteiger partial charge on any atom is -0.344 e. The van der Waals surface area contributed by atoms with Crippen LogP contribution in [0.2, 0.25) is 0 Å². The van der Waals surface area contributed by atoms with Gasteiger partial charge in [-0.2, -0.15) is 0 Å². The molecule has 0 radical (unpaired) electrons. The summed E-state index contributed by atoms with van der Waals surface area (Å²) in [6.07, 6.45) is 3.38. The van der Waals surface area contributed by atoms with Crippen LogP contribution in [-0.4, -0.2) is 26.2 Å². The lowest BCUT2D eigenvalue weighted by Crippen LogP contribution is -2.25. The molecule has 0 saturated heterocycles. The van der Waals surface area contributed by atoms with E-state index in [0.29, 0.717) is 11.2 Å². The van der Waals surface area contributed by atoms with E-state index in [0.717, 1.165) is 16.8 Å². The van der Waals surface area contributed by atoms with Crippen LogP contribution >= 0.6 is 0 Å². The molecule has 0 spiro atoms. The number of carbonyl (C=O) groups is 2. The Kier molecular flexibility index (Phi) is 5.26. The Hall–Kier alpha value is -4.00. The average molecular weight is 399 g/mol. The zero-order valence-electron chi connectivity index (χ0n) is 16.7. The SMILES string of the molecule is Cc1cc(C)cc(NC(=O)c2nc(C(=O)NCc3ccccn3)n3ccccc23)c1. The van der Waals surface area contributed by atoms with Gasteiger partial charge in [0, 0.05) is 18.1 Å². The highest BCUT2D eigenvalue weighted by Gasteiger charge is 2.21. The number of amides is 2. The van der Waals surface area contributed by atoms with Gasteiger partial charge < -0.3 is 10.6 Å². The number of rotatable bonds is 5. The van der Waals surface area contributed by atoms with E-state index in [1.165, 1.54) is 0 Å². The fourth-order valence-electron chi connectivity index (χ4n) is 3.35. The Balaban J connectivity index is 1.61. The average Bonchev–Trinajstić information content (AvgIpc) is 3.12. The molecule has 3 heterocycles. The Labute approximate surface area is 173 Å². The first kappa shape index (κ1) is 19.3. The van der Waals surface area contributed by atoms with Crippen molar-refractivity contribution in [2.75, 3.05) is 5.32 Å². The van der Waals surface area contributed by atoms with Gasteiger partial charge in [0.05, 0.1) is 17.8 Å². The maximum absolute atomic E-state index is 12.9. The van der Waals surface area contributed by atoms with Crippen molar-refractivity contribution in [3.63, 3.8) is 0 Å². The van der Waals surface area contributed by atoms with Crippen molar-refractivity contribution in [1.82, 2.24) is 19.7 Å². The maximum Gasteiger partial charge on any atom is 0.288 e. The van der Waals surface area contributed by atoms with Crippen molar-refractivity contribution >= 4 is 23.0 Å². The van der Waals surface area contributed by atoms with Gasteiger partial charge in [0.1, 0.15) is 0 Å². The number of hydrogen-bond donors (Lipinski definition) is 2. The second-order valence-electron chi connectivity index (χ2n) is 7.07. The third kappa shape index (κ3) is 4.05. The monoisotopic (exact) mass is 399 g/mol. The van der Waals surface area contributed by atoms with E-state index >= 15 is 0 Å². The van der Waals surface area contributed by atoms with Crippen molar-refractivity contribution in [2.45, 2.75) is 20.4 Å². The largest absolute Gasteiger partial charge is 0.344 e. The van der Waals surface area contributed by atoms with E-state index in [1.54, 1.807) is 35.0 Å². The highest BCUT2D eigenvalue weighted by Crippen LogP contribution is 2.18. The third-order valence-corrected chi connectivity index (χ3v) is 4.60. The molecule has 4 aromatic rings. The molecule has 7 heteroatoms. The molecule has 1 aromatic carbocycles. The number of fused-ring (bicyclic) bond motifs is 1. The summed E-state index contributed by atoms with van der Waals surface area (Å²) >= 11 is 0. The Morgan fingerprint density at radius 2 is 1.73 bits per heavy atom. The van der Waals surface area contributed by atoms with Crippen LogP contribution in [0.25, 0.3) is 5.52 Å². The molecule has 0 fully saturated rings. The molecule has 0 bridgehead atoms. The number of pyridine rings is 2. The molecular formula is C23H21N5O2. The van der Waals surface area contributed by atoms with Crippen LogP contribution in [-0.2, 0) is 6.54 Å². The number of imidazole rings is 1. The number of anilines is 1. The van der Waals surface area contributed by atoms with E-state index in [-0.39, 0.29) is 29.9 Å². The number of aromatic nitrogens is 3. The van der Waals surface area contributed by atoms with E-state index in [4.69, 9.17) is 0 Å². The highest BCUT2D eigenvalue weighted by molar-refractivity contribution is 6.09. The summed E-state index contributed by atoms with van der Waals surface area (Å²) < 4.78 is 1.62. The third-order valence-electron chi connectivity index (χ3n) is 4.60. The molecule has 0 aliphatic carbocycles. The Bertz CT molecular complexity index is 1210. The van der Waals surface area contributed by atoms with Crippen LogP contribution in [0.5, 0.6) is 0 Å². The Morgan fingerprint density at radius 1 is 0.967 bits per heavy atom. The van der Waals surface area contributed by atoms with E-state index in [9.17, 15) is 9.59 Å². The predicted molar refractivity (Wildman–Crippen MR) is 114 cm³/mol. The molecule has 2 amide bonds. The van der Waals surface area contributed by atoms with Gasteiger partial charge in [0.2, 0.25) is 5.82 Å². The first-order valence-corrected chi connectivity index (χ1v) is 9.56. The van der Waals surface area contributed by atoms with Crippen LogP contribution < -0.4 is 10.6 Å². The van der Waals surface area contributed by atoms with Gasteiger partial charge in [-0.15, -0.1) is 0 Å². The second-order valence-corrected chi connectivity index (χ2v) is 7.07. The molecule has 0 saturated carbocycles. The molecule has 30 heavy (non-hydrogen) atoms. The topological polar surface area (TPSA) is 88.4 Å². The van der Waals surface area contributed by atoms with Crippen LogP contribution in [0.1, 0.15) is 37.9 Å². The minimum absolute atomic E-state index is 0.145. The van der Waals surface area contributed by atoms with E-state index < -0.39 is 0 Å². The molecule has 0 aliphatic rings. The van der Waals surface area contributed by atoms with Gasteiger partial charge >= 0.3 is 0 Å². The lowest BCUT2D eigenvalue weighted by molar-refractivity contribution is 0.0939. The van der Waals surface area contributed by atoms with Gasteiger partial charge in [-0.05, 0) is 61.4 Å². The number of carbonyl (C=O) groups excluding carboxylic acids is 2. The molecule has 150 valence electrons. The highest BCUT2D eigenvalue weighted by atomic mass is 16.2. The fraction of sp³-hybridized carbons (Fsp3) is 0.130. The number of nitrogens with one attached hydrogen (secondary N) is 2. The van der Waals surface area contributed by atoms with Gasteiger partial charge in [-0.1, -0.05) is 18.2 Å². The minimum atomic E-state index is -0.382. The molecule has 2 N–H and O–H groups in total. The quantitative estimate of drug-likeness (QED) is 0.537. The summed E-state index contributed by atoms with van der Waals surface area (Å²) in [5, 5.41) is 5.69. The van der Waals surface area contributed by atoms with Crippen molar-refractivity contribution in [2.24, 2.45) is 0 Å². The lowest BCUT2D eigenvalue weighted by atomic mass is 10.1. The first-order valence-electron chi connectivity index (χ1n) is 9.56. The van der Waals surface area contributed by atoms with Crippen molar-refractivity contribution in [1.29, 1.82) is 0 Å². The molecule has 3 aromatic heterocycles. The number of nitrogens with zero attached hydrogens (tertiary/aromatic N) is 3. The molecule has 0 unspecified atom stereocenters. The van der Waals surface area contributed by atoms with Crippen LogP contribution in [0.15, 0.2) is 67.0 Å². The molecule has 4 rings (SSSR count). The summed E-state index contributed by atoms with van der Waals surface area (Å²) in [6, 6.07) is 16.7. The fourth-order valence-corrected chi connectivity index (χ4v) is 3.35. The zero-order chi connectivity index (χ0) is 21.1. The van der Waals surface area contributed by atoms with Gasteiger partial charge in [0.15, 0.2) is 5.69 Å². The molecule has 7 nitrogen and oxygen atoms in total. The van der Waals surface area contributed by atoms with E-state index in [1.807, 2.05) is 50.2 Å². The summed E-state index contributed by atoms with van der Waals surface area (Å²) in [7, 11) is 0. The van der Waals surface area contributed by atoms with Gasteiger partial charge in [0.25, 0.3) is 11.8 Å². The maximum atomic E-state index is 12.9.